The van der Waals surface area contributed by atoms with Gasteiger partial charge in [0, 0.05) is 23.1 Å². The largest absolute Gasteiger partial charge is 0.386 e. The van der Waals surface area contributed by atoms with Gasteiger partial charge in [-0.3, -0.25) is 0 Å². The predicted octanol–water partition coefficient (Wildman–Crippen LogP) is 1.72. The number of aromatic amines is 1. The van der Waals surface area contributed by atoms with Gasteiger partial charge in [-0.15, -0.1) is 0 Å². The maximum Gasteiger partial charge on any atom is 0.106 e. The molecule has 0 aliphatic rings. The molecule has 0 spiro atoms. The minimum absolute atomic E-state index is 0.244. The van der Waals surface area contributed by atoms with Gasteiger partial charge in [0.2, 0.25) is 0 Å². The molecule has 1 unspecified atom stereocenters. The van der Waals surface area contributed by atoms with E-state index in [4.69, 9.17) is 5.73 Å². The van der Waals surface area contributed by atoms with Crippen LogP contribution in [0.4, 0.5) is 0 Å². The molecule has 2 rings (SSSR count). The topological polar surface area (TPSA) is 62.0 Å². The summed E-state index contributed by atoms with van der Waals surface area (Å²) in [6, 6.07) is 8.13. The van der Waals surface area contributed by atoms with Crippen molar-refractivity contribution in [3.05, 3.63) is 35.5 Å². The van der Waals surface area contributed by atoms with Crippen LogP contribution in [0.3, 0.4) is 0 Å². The number of nitrogens with two attached hydrogens (primary N) is 1. The molecule has 0 aliphatic carbocycles. The zero-order valence-corrected chi connectivity index (χ0v) is 8.83. The van der Waals surface area contributed by atoms with Gasteiger partial charge in [-0.1, -0.05) is 25.1 Å². The lowest BCUT2D eigenvalue weighted by molar-refractivity contribution is 0.183. The summed E-state index contributed by atoms with van der Waals surface area (Å²) in [7, 11) is 0. The fourth-order valence-electron chi connectivity index (χ4n) is 1.84. The molecule has 0 bridgehead atoms. The highest BCUT2D eigenvalue weighted by Gasteiger charge is 2.09. The fourth-order valence-corrected chi connectivity index (χ4v) is 1.84. The first-order valence-electron chi connectivity index (χ1n) is 5.25. The number of para-hydroxylation sites is 1. The maximum absolute atomic E-state index is 9.64. The van der Waals surface area contributed by atoms with Gasteiger partial charge in [0.05, 0.1) is 0 Å². The van der Waals surface area contributed by atoms with E-state index in [1.807, 2.05) is 18.2 Å². The minimum Gasteiger partial charge on any atom is -0.386 e. The van der Waals surface area contributed by atoms with Crippen LogP contribution in [0, 0.1) is 0 Å². The van der Waals surface area contributed by atoms with E-state index in [-0.39, 0.29) is 6.54 Å². The smallest absolute Gasteiger partial charge is 0.106 e. The van der Waals surface area contributed by atoms with E-state index < -0.39 is 6.10 Å². The van der Waals surface area contributed by atoms with E-state index >= 15 is 0 Å². The first-order chi connectivity index (χ1) is 7.26. The number of fused-ring (bicyclic) bond motifs is 1. The SMILES string of the molecule is CCc1cccc2cc(C(O)CN)[nH]c12. The van der Waals surface area contributed by atoms with Crippen LogP contribution in [0.2, 0.25) is 0 Å². The molecule has 3 nitrogen and oxygen atoms in total. The van der Waals surface area contributed by atoms with Crippen LogP contribution in [0.15, 0.2) is 24.3 Å². The molecule has 1 atom stereocenters. The minimum atomic E-state index is -0.595. The lowest BCUT2D eigenvalue weighted by Crippen LogP contribution is -2.11. The summed E-state index contributed by atoms with van der Waals surface area (Å²) in [5.74, 6) is 0. The Bertz CT molecular complexity index is 462. The van der Waals surface area contributed by atoms with Gasteiger partial charge in [0.1, 0.15) is 6.10 Å². The molecule has 0 aliphatic heterocycles. The zero-order chi connectivity index (χ0) is 10.8. The van der Waals surface area contributed by atoms with Crippen molar-refractivity contribution in [1.29, 1.82) is 0 Å². The number of hydrogen-bond acceptors (Lipinski definition) is 2. The van der Waals surface area contributed by atoms with Crippen LogP contribution in [-0.4, -0.2) is 16.6 Å². The third-order valence-electron chi connectivity index (χ3n) is 2.73. The highest BCUT2D eigenvalue weighted by Crippen LogP contribution is 2.22. The number of aliphatic hydroxyl groups excluding tert-OH is 1. The molecule has 0 saturated heterocycles. The van der Waals surface area contributed by atoms with E-state index in [1.54, 1.807) is 0 Å². The van der Waals surface area contributed by atoms with Gasteiger partial charge < -0.3 is 15.8 Å². The second-order valence-electron chi connectivity index (χ2n) is 3.71. The summed E-state index contributed by atoms with van der Waals surface area (Å²) in [6.45, 7) is 2.36. The Kier molecular flexibility index (Phi) is 2.75. The molecule has 15 heavy (non-hydrogen) atoms. The van der Waals surface area contributed by atoms with E-state index in [0.717, 1.165) is 23.0 Å². The molecule has 0 radical (unpaired) electrons. The standard InChI is InChI=1S/C12H16N2O/c1-2-8-4-3-5-9-6-10(11(15)7-13)14-12(8)9/h3-6,11,14-15H,2,7,13H2,1H3. The van der Waals surface area contributed by atoms with Gasteiger partial charge in [-0.05, 0) is 18.1 Å². The second kappa shape index (κ2) is 4.04. The molecule has 1 aromatic carbocycles. The van der Waals surface area contributed by atoms with Gasteiger partial charge >= 0.3 is 0 Å². The maximum atomic E-state index is 9.64. The molecular formula is C12H16N2O. The van der Waals surface area contributed by atoms with Crippen molar-refractivity contribution >= 4 is 10.9 Å². The van der Waals surface area contributed by atoms with Crippen molar-refractivity contribution in [1.82, 2.24) is 4.98 Å². The quantitative estimate of drug-likeness (QED) is 0.713. The Hall–Kier alpha value is -1.32. The average Bonchev–Trinajstić information content (AvgIpc) is 2.71. The van der Waals surface area contributed by atoms with Crippen molar-refractivity contribution in [2.24, 2.45) is 5.73 Å². The molecule has 0 saturated carbocycles. The van der Waals surface area contributed by atoms with Gasteiger partial charge in [-0.25, -0.2) is 0 Å². The summed E-state index contributed by atoms with van der Waals surface area (Å²) >= 11 is 0. The first kappa shape index (κ1) is 10.2. The Morgan fingerprint density at radius 3 is 2.93 bits per heavy atom. The molecule has 1 heterocycles. The number of aromatic nitrogens is 1. The van der Waals surface area contributed by atoms with Crippen molar-refractivity contribution < 1.29 is 5.11 Å². The molecule has 4 N–H and O–H groups in total. The number of benzene rings is 1. The molecule has 0 amide bonds. The zero-order valence-electron chi connectivity index (χ0n) is 8.83. The number of hydrogen-bond donors (Lipinski definition) is 3. The Labute approximate surface area is 88.9 Å². The van der Waals surface area contributed by atoms with Crippen LogP contribution < -0.4 is 5.73 Å². The average molecular weight is 204 g/mol. The number of aliphatic hydroxyl groups is 1. The highest BCUT2D eigenvalue weighted by atomic mass is 16.3. The third-order valence-corrected chi connectivity index (χ3v) is 2.73. The van der Waals surface area contributed by atoms with Crippen LogP contribution in [0.1, 0.15) is 24.3 Å². The number of rotatable bonds is 3. The Morgan fingerprint density at radius 1 is 1.47 bits per heavy atom. The lowest BCUT2D eigenvalue weighted by atomic mass is 10.1. The molecule has 80 valence electrons. The van der Waals surface area contributed by atoms with E-state index in [9.17, 15) is 5.11 Å². The van der Waals surface area contributed by atoms with Gasteiger partial charge in [0.25, 0.3) is 0 Å². The predicted molar refractivity (Wildman–Crippen MR) is 61.7 cm³/mol. The molecule has 1 aromatic heterocycles. The molecular weight excluding hydrogens is 188 g/mol. The summed E-state index contributed by atoms with van der Waals surface area (Å²) in [5.41, 5.74) is 8.61. The fraction of sp³-hybridized carbons (Fsp3) is 0.333. The number of nitrogens with one attached hydrogen (secondary N) is 1. The first-order valence-corrected chi connectivity index (χ1v) is 5.25. The van der Waals surface area contributed by atoms with E-state index in [0.29, 0.717) is 0 Å². The normalized spacial score (nSPS) is 13.3. The highest BCUT2D eigenvalue weighted by molar-refractivity contribution is 5.83. The third kappa shape index (κ3) is 1.76. The van der Waals surface area contributed by atoms with Crippen molar-refractivity contribution in [3.63, 3.8) is 0 Å². The summed E-state index contributed by atoms with van der Waals surface area (Å²) < 4.78 is 0. The van der Waals surface area contributed by atoms with E-state index in [2.05, 4.69) is 18.0 Å². The molecule has 0 fully saturated rings. The van der Waals surface area contributed by atoms with Crippen molar-refractivity contribution in [2.75, 3.05) is 6.54 Å². The van der Waals surface area contributed by atoms with Gasteiger partial charge in [-0.2, -0.15) is 0 Å². The molecule has 3 heteroatoms. The van der Waals surface area contributed by atoms with Crippen molar-refractivity contribution in [2.45, 2.75) is 19.4 Å². The summed E-state index contributed by atoms with van der Waals surface area (Å²) in [4.78, 5) is 3.24. The Morgan fingerprint density at radius 2 is 2.27 bits per heavy atom. The Balaban J connectivity index is 2.55. The molecule has 2 aromatic rings. The van der Waals surface area contributed by atoms with Crippen LogP contribution >= 0.6 is 0 Å². The number of H-pyrrole nitrogens is 1. The number of aryl methyl sites for hydroxylation is 1. The summed E-state index contributed by atoms with van der Waals surface area (Å²) in [6.07, 6.45) is 0.387. The lowest BCUT2D eigenvalue weighted by Gasteiger charge is -2.03. The second-order valence-corrected chi connectivity index (χ2v) is 3.71. The van der Waals surface area contributed by atoms with Crippen LogP contribution in [0.25, 0.3) is 10.9 Å². The summed E-state index contributed by atoms with van der Waals surface area (Å²) in [5, 5.41) is 10.8. The van der Waals surface area contributed by atoms with Gasteiger partial charge in [0.15, 0.2) is 0 Å². The van der Waals surface area contributed by atoms with Crippen LogP contribution in [0.5, 0.6) is 0 Å². The van der Waals surface area contributed by atoms with E-state index in [1.165, 1.54) is 5.56 Å². The van der Waals surface area contributed by atoms with Crippen LogP contribution in [-0.2, 0) is 6.42 Å². The monoisotopic (exact) mass is 204 g/mol. The van der Waals surface area contributed by atoms with Crippen molar-refractivity contribution in [3.8, 4) is 0 Å².